The van der Waals surface area contributed by atoms with E-state index in [1.807, 2.05) is 0 Å². The van der Waals surface area contributed by atoms with Gasteiger partial charge in [0.25, 0.3) is 0 Å². The molecule has 0 aliphatic rings. The van der Waals surface area contributed by atoms with Gasteiger partial charge in [-0.2, -0.15) is 0 Å². The molecule has 0 amide bonds. The molecular weight excluding hydrogens is 697 g/mol. The van der Waals surface area contributed by atoms with Crippen molar-refractivity contribution in [1.29, 1.82) is 0 Å². The van der Waals surface area contributed by atoms with E-state index in [1.54, 1.807) is 0 Å². The lowest BCUT2D eigenvalue weighted by molar-refractivity contribution is -0.167. The van der Waals surface area contributed by atoms with Crippen molar-refractivity contribution in [2.45, 2.75) is 284 Å². The highest BCUT2D eigenvalue weighted by Crippen LogP contribution is 2.17. The van der Waals surface area contributed by atoms with Gasteiger partial charge in [-0.25, -0.2) is 0 Å². The molecule has 0 fully saturated rings. The first kappa shape index (κ1) is 54.4. The molecule has 332 valence electrons. The van der Waals surface area contributed by atoms with Crippen molar-refractivity contribution >= 4 is 17.9 Å². The maximum Gasteiger partial charge on any atom is 0.306 e. The Kier molecular flexibility index (Phi) is 43.2. The Morgan fingerprint density at radius 1 is 0.339 bits per heavy atom. The summed E-state index contributed by atoms with van der Waals surface area (Å²) in [7, 11) is 0. The van der Waals surface area contributed by atoms with Crippen LogP contribution in [0.15, 0.2) is 0 Å². The summed E-state index contributed by atoms with van der Waals surface area (Å²) in [4.78, 5) is 37.6. The fourth-order valence-corrected chi connectivity index (χ4v) is 7.51. The normalized spacial score (nSPS) is 11.9. The van der Waals surface area contributed by atoms with Crippen LogP contribution in [-0.2, 0) is 28.6 Å². The Morgan fingerprint density at radius 3 is 0.875 bits per heavy atom. The third-order valence-corrected chi connectivity index (χ3v) is 11.3. The largest absolute Gasteiger partial charge is 0.462 e. The Hall–Kier alpha value is -1.59. The average molecular weight is 793 g/mol. The molecule has 0 bridgehead atoms. The zero-order valence-electron chi connectivity index (χ0n) is 38.1. The zero-order valence-corrected chi connectivity index (χ0v) is 38.1. The Labute approximate surface area is 348 Å². The van der Waals surface area contributed by atoms with Crippen LogP contribution >= 0.6 is 0 Å². The molecule has 0 aromatic heterocycles. The van der Waals surface area contributed by atoms with Crippen molar-refractivity contribution < 1.29 is 28.6 Å². The van der Waals surface area contributed by atoms with E-state index in [2.05, 4.69) is 27.7 Å². The summed E-state index contributed by atoms with van der Waals surface area (Å²) in [6.07, 6.45) is 45.5. The van der Waals surface area contributed by atoms with Gasteiger partial charge in [-0.05, 0) is 25.2 Å². The van der Waals surface area contributed by atoms with Gasteiger partial charge in [-0.15, -0.1) is 0 Å². The smallest absolute Gasteiger partial charge is 0.306 e. The number of esters is 3. The fourth-order valence-electron chi connectivity index (χ4n) is 7.51. The highest BCUT2D eigenvalue weighted by atomic mass is 16.6. The topological polar surface area (TPSA) is 78.9 Å². The van der Waals surface area contributed by atoms with Gasteiger partial charge in [-0.3, -0.25) is 14.4 Å². The van der Waals surface area contributed by atoms with Crippen LogP contribution in [0.2, 0.25) is 0 Å². The van der Waals surface area contributed by atoms with Crippen molar-refractivity contribution in [3.63, 3.8) is 0 Å². The van der Waals surface area contributed by atoms with Crippen molar-refractivity contribution in [3.05, 3.63) is 0 Å². The molecule has 0 rings (SSSR count). The lowest BCUT2D eigenvalue weighted by Crippen LogP contribution is -2.30. The van der Waals surface area contributed by atoms with E-state index in [4.69, 9.17) is 14.2 Å². The number of unbranched alkanes of at least 4 members (excludes halogenated alkanes) is 32. The second-order valence-corrected chi connectivity index (χ2v) is 17.6. The molecular formula is C50H96O6. The maximum absolute atomic E-state index is 12.6. The molecule has 0 saturated carbocycles. The summed E-state index contributed by atoms with van der Waals surface area (Å²) in [6.45, 7) is 8.95. The summed E-state index contributed by atoms with van der Waals surface area (Å²) in [5.74, 6) is -0.00940. The molecule has 0 N–H and O–H groups in total. The minimum Gasteiger partial charge on any atom is -0.462 e. The van der Waals surface area contributed by atoms with E-state index in [-0.39, 0.29) is 31.1 Å². The number of carbonyl (C=O) groups is 3. The van der Waals surface area contributed by atoms with Crippen LogP contribution in [0, 0.1) is 5.92 Å². The zero-order chi connectivity index (χ0) is 41.0. The first-order valence-electron chi connectivity index (χ1n) is 24.9. The lowest BCUT2D eigenvalue weighted by Gasteiger charge is -2.18. The lowest BCUT2D eigenvalue weighted by atomic mass is 10.0. The van der Waals surface area contributed by atoms with Gasteiger partial charge in [0, 0.05) is 19.3 Å². The minimum atomic E-state index is -0.758. The molecule has 0 heterocycles. The first-order chi connectivity index (χ1) is 27.4. The second-order valence-electron chi connectivity index (χ2n) is 17.6. The van der Waals surface area contributed by atoms with Gasteiger partial charge in [0.05, 0.1) is 0 Å². The van der Waals surface area contributed by atoms with Gasteiger partial charge in [0.2, 0.25) is 0 Å². The van der Waals surface area contributed by atoms with Gasteiger partial charge in [-0.1, -0.05) is 240 Å². The second kappa shape index (κ2) is 44.5. The van der Waals surface area contributed by atoms with E-state index in [1.165, 1.54) is 167 Å². The van der Waals surface area contributed by atoms with Crippen LogP contribution in [-0.4, -0.2) is 37.2 Å². The first-order valence-corrected chi connectivity index (χ1v) is 24.9. The van der Waals surface area contributed by atoms with Crippen molar-refractivity contribution in [3.8, 4) is 0 Å². The predicted octanol–water partition coefficient (Wildman–Crippen LogP) is 15.9. The molecule has 56 heavy (non-hydrogen) atoms. The Balaban J connectivity index is 4.05. The molecule has 0 aromatic rings. The monoisotopic (exact) mass is 793 g/mol. The standard InChI is InChI=1S/C50H96O6/c1-5-7-9-11-12-13-14-15-21-24-27-30-34-37-41-48(51)54-44-47(56-50(53)43-39-32-10-8-6-2)45-55-49(52)42-38-35-31-28-25-22-19-17-16-18-20-23-26-29-33-36-40-46(3)4/h46-47H,5-45H2,1-4H3/t47-/m1/s1. The van der Waals surface area contributed by atoms with Gasteiger partial charge in [0.15, 0.2) is 6.10 Å². The number of hydrogen-bond acceptors (Lipinski definition) is 6. The van der Waals surface area contributed by atoms with Crippen LogP contribution in [0.25, 0.3) is 0 Å². The predicted molar refractivity (Wildman–Crippen MR) is 238 cm³/mol. The van der Waals surface area contributed by atoms with Crippen LogP contribution in [0.5, 0.6) is 0 Å². The van der Waals surface area contributed by atoms with Crippen molar-refractivity contribution in [2.24, 2.45) is 5.92 Å². The van der Waals surface area contributed by atoms with Crippen LogP contribution in [0.1, 0.15) is 278 Å². The van der Waals surface area contributed by atoms with E-state index in [9.17, 15) is 14.4 Å². The molecule has 6 heteroatoms. The summed E-state index contributed by atoms with van der Waals surface area (Å²) < 4.78 is 16.7. The SMILES string of the molecule is CCCCCCCCCCCCCCCCC(=O)OC[C@H](COC(=O)CCCCCCCCCCCCCCCCCCC(C)C)OC(=O)CCCCCCC. The third-order valence-electron chi connectivity index (χ3n) is 11.3. The highest BCUT2D eigenvalue weighted by molar-refractivity contribution is 5.71. The van der Waals surface area contributed by atoms with Crippen molar-refractivity contribution in [2.75, 3.05) is 13.2 Å². The number of ether oxygens (including phenoxy) is 3. The van der Waals surface area contributed by atoms with Crippen LogP contribution in [0.4, 0.5) is 0 Å². The quantitative estimate of drug-likeness (QED) is 0.0347. The molecule has 0 radical (unpaired) electrons. The molecule has 0 aliphatic carbocycles. The fraction of sp³-hybridized carbons (Fsp3) is 0.940. The summed E-state index contributed by atoms with van der Waals surface area (Å²) >= 11 is 0. The van der Waals surface area contributed by atoms with Crippen LogP contribution in [0.3, 0.4) is 0 Å². The van der Waals surface area contributed by atoms with E-state index in [0.717, 1.165) is 70.1 Å². The van der Waals surface area contributed by atoms with Crippen LogP contribution < -0.4 is 0 Å². The molecule has 0 unspecified atom stereocenters. The van der Waals surface area contributed by atoms with E-state index in [0.29, 0.717) is 19.3 Å². The van der Waals surface area contributed by atoms with E-state index >= 15 is 0 Å². The number of rotatable bonds is 45. The highest BCUT2D eigenvalue weighted by Gasteiger charge is 2.19. The minimum absolute atomic E-state index is 0.0645. The Bertz CT molecular complexity index is 841. The summed E-state index contributed by atoms with van der Waals surface area (Å²) in [6, 6.07) is 0. The number of hydrogen-bond donors (Lipinski definition) is 0. The third kappa shape index (κ3) is 43.5. The number of carbonyl (C=O) groups excluding carboxylic acids is 3. The molecule has 0 spiro atoms. The molecule has 0 aromatic carbocycles. The summed E-state index contributed by atoms with van der Waals surface area (Å²) in [5.41, 5.74) is 0. The van der Waals surface area contributed by atoms with Gasteiger partial charge >= 0.3 is 17.9 Å². The average Bonchev–Trinajstić information content (AvgIpc) is 3.18. The van der Waals surface area contributed by atoms with E-state index < -0.39 is 6.10 Å². The van der Waals surface area contributed by atoms with Gasteiger partial charge in [0.1, 0.15) is 13.2 Å². The summed E-state index contributed by atoms with van der Waals surface area (Å²) in [5, 5.41) is 0. The Morgan fingerprint density at radius 2 is 0.589 bits per heavy atom. The molecule has 0 saturated heterocycles. The molecule has 1 atom stereocenters. The van der Waals surface area contributed by atoms with Gasteiger partial charge < -0.3 is 14.2 Å². The van der Waals surface area contributed by atoms with Crippen molar-refractivity contribution in [1.82, 2.24) is 0 Å². The molecule has 6 nitrogen and oxygen atoms in total. The molecule has 0 aliphatic heterocycles. The maximum atomic E-state index is 12.6.